The zero-order valence-corrected chi connectivity index (χ0v) is 17.7. The first-order valence-corrected chi connectivity index (χ1v) is 10.8. The number of fused-ring (bicyclic) bond motifs is 1. The average Bonchev–Trinajstić information content (AvgIpc) is 2.74. The van der Waals surface area contributed by atoms with E-state index in [1.54, 1.807) is 7.11 Å². The van der Waals surface area contributed by atoms with E-state index in [4.69, 9.17) is 4.74 Å². The lowest BCUT2D eigenvalue weighted by atomic mass is 9.68. The monoisotopic (exact) mass is 360 g/mol. The van der Waals surface area contributed by atoms with Crippen LogP contribution in [0.15, 0.2) is 24.3 Å². The molecule has 1 aromatic rings. The number of hydrogen-bond acceptors (Lipinski definition) is 2. The molecule has 148 valence electrons. The Morgan fingerprint density at radius 2 is 1.81 bits per heavy atom. The number of carbonyl (C=O) groups is 1. The summed E-state index contributed by atoms with van der Waals surface area (Å²) in [6, 6.07) is 8.27. The Kier molecular flexibility index (Phi) is 11.3. The second-order valence-corrected chi connectivity index (χ2v) is 7.60. The first-order chi connectivity index (χ1) is 12.7. The van der Waals surface area contributed by atoms with Crippen LogP contribution in [0.25, 0.3) is 0 Å². The van der Waals surface area contributed by atoms with Crippen LogP contribution in [-0.4, -0.2) is 13.4 Å². The van der Waals surface area contributed by atoms with Gasteiger partial charge in [-0.15, -0.1) is 0 Å². The summed E-state index contributed by atoms with van der Waals surface area (Å²) < 4.78 is 5.15. The van der Waals surface area contributed by atoms with Crippen molar-refractivity contribution in [2.45, 2.75) is 85.0 Å². The fourth-order valence-electron chi connectivity index (χ4n) is 4.22. The van der Waals surface area contributed by atoms with Crippen molar-refractivity contribution in [3.8, 4) is 5.75 Å². The molecule has 4 atom stereocenters. The van der Waals surface area contributed by atoms with Crippen molar-refractivity contribution in [3.05, 3.63) is 29.8 Å². The van der Waals surface area contributed by atoms with Gasteiger partial charge >= 0.3 is 0 Å². The maximum absolute atomic E-state index is 10.6. The van der Waals surface area contributed by atoms with Crippen molar-refractivity contribution in [1.29, 1.82) is 0 Å². The van der Waals surface area contributed by atoms with Crippen LogP contribution in [0.3, 0.4) is 0 Å². The summed E-state index contributed by atoms with van der Waals surface area (Å²) in [4.78, 5) is 10.6. The molecule has 0 aliphatic heterocycles. The van der Waals surface area contributed by atoms with Crippen LogP contribution >= 0.6 is 0 Å². The van der Waals surface area contributed by atoms with E-state index in [1.165, 1.54) is 63.2 Å². The minimum absolute atomic E-state index is 0.407. The molecule has 4 unspecified atom stereocenters. The van der Waals surface area contributed by atoms with Crippen LogP contribution in [0.5, 0.6) is 5.75 Å². The number of rotatable bonds is 4. The van der Waals surface area contributed by atoms with E-state index in [1.807, 2.05) is 26.0 Å². The van der Waals surface area contributed by atoms with Crippen molar-refractivity contribution >= 4 is 6.29 Å². The predicted molar refractivity (Wildman–Crippen MR) is 112 cm³/mol. The van der Waals surface area contributed by atoms with Gasteiger partial charge < -0.3 is 9.53 Å². The van der Waals surface area contributed by atoms with Crippen LogP contribution < -0.4 is 4.74 Å². The zero-order valence-electron chi connectivity index (χ0n) is 17.7. The van der Waals surface area contributed by atoms with E-state index in [-0.39, 0.29) is 0 Å². The first-order valence-electron chi connectivity index (χ1n) is 10.8. The maximum Gasteiger partial charge on any atom is 0.123 e. The highest BCUT2D eigenvalue weighted by Gasteiger charge is 2.31. The number of hydrogen-bond donors (Lipinski definition) is 0. The molecule has 2 aliphatic rings. The highest BCUT2D eigenvalue weighted by molar-refractivity contribution is 5.53. The second-order valence-electron chi connectivity index (χ2n) is 7.60. The van der Waals surface area contributed by atoms with Gasteiger partial charge in [-0.3, -0.25) is 0 Å². The van der Waals surface area contributed by atoms with E-state index < -0.39 is 0 Å². The zero-order chi connectivity index (χ0) is 19.4. The highest BCUT2D eigenvalue weighted by atomic mass is 16.5. The van der Waals surface area contributed by atoms with Crippen molar-refractivity contribution in [2.24, 2.45) is 17.8 Å². The molecule has 0 N–H and O–H groups in total. The van der Waals surface area contributed by atoms with Crippen LogP contribution in [0.2, 0.25) is 0 Å². The van der Waals surface area contributed by atoms with Crippen molar-refractivity contribution in [2.75, 3.05) is 7.11 Å². The molecule has 0 radical (unpaired) electrons. The fourth-order valence-corrected chi connectivity index (χ4v) is 4.22. The first kappa shape index (κ1) is 22.7. The third-order valence-corrected chi connectivity index (χ3v) is 6.05. The summed E-state index contributed by atoms with van der Waals surface area (Å²) in [7, 11) is 1.70. The Morgan fingerprint density at radius 1 is 1.12 bits per heavy atom. The van der Waals surface area contributed by atoms with Gasteiger partial charge in [0.1, 0.15) is 12.0 Å². The van der Waals surface area contributed by atoms with Crippen LogP contribution in [0, 0.1) is 17.8 Å². The third kappa shape index (κ3) is 7.13. The van der Waals surface area contributed by atoms with Crippen molar-refractivity contribution < 1.29 is 9.53 Å². The molecule has 2 nitrogen and oxygen atoms in total. The molecule has 2 heteroatoms. The summed E-state index contributed by atoms with van der Waals surface area (Å²) in [5.74, 6) is 3.87. The van der Waals surface area contributed by atoms with Crippen LogP contribution in [0.4, 0.5) is 0 Å². The van der Waals surface area contributed by atoms with E-state index in [9.17, 15) is 4.79 Å². The van der Waals surface area contributed by atoms with Gasteiger partial charge in [0, 0.05) is 5.92 Å². The summed E-state index contributed by atoms with van der Waals surface area (Å²) in [5.41, 5.74) is 1.36. The molecule has 1 aromatic carbocycles. The maximum atomic E-state index is 10.6. The minimum atomic E-state index is 0.407. The molecule has 0 spiro atoms. The lowest BCUT2D eigenvalue weighted by molar-refractivity contribution is -0.113. The summed E-state index contributed by atoms with van der Waals surface area (Å²) >= 11 is 0. The largest absolute Gasteiger partial charge is 0.497 e. The molecule has 0 amide bonds. The number of aldehydes is 1. The number of benzene rings is 1. The Morgan fingerprint density at radius 3 is 2.42 bits per heavy atom. The van der Waals surface area contributed by atoms with E-state index in [0.29, 0.717) is 11.8 Å². The van der Waals surface area contributed by atoms with Gasteiger partial charge in [0.25, 0.3) is 0 Å². The molecule has 2 saturated carbocycles. The van der Waals surface area contributed by atoms with Gasteiger partial charge in [0.15, 0.2) is 0 Å². The molecule has 3 rings (SSSR count). The molecular weight excluding hydrogens is 320 g/mol. The van der Waals surface area contributed by atoms with E-state index >= 15 is 0 Å². The van der Waals surface area contributed by atoms with Crippen molar-refractivity contribution in [1.82, 2.24) is 0 Å². The lowest BCUT2D eigenvalue weighted by Crippen LogP contribution is -2.28. The predicted octanol–water partition coefficient (Wildman–Crippen LogP) is 7.03. The Balaban J connectivity index is 0.000000238. The highest BCUT2D eigenvalue weighted by Crippen LogP contribution is 2.41. The lowest BCUT2D eigenvalue weighted by Gasteiger charge is -2.37. The molecule has 2 aliphatic carbocycles. The molecule has 0 saturated heterocycles. The van der Waals surface area contributed by atoms with E-state index in [0.717, 1.165) is 17.6 Å². The number of methoxy groups -OCH3 is 1. The smallest absolute Gasteiger partial charge is 0.123 e. The van der Waals surface area contributed by atoms with E-state index in [2.05, 4.69) is 26.0 Å². The summed E-state index contributed by atoms with van der Waals surface area (Å²) in [6.45, 7) is 8.43. The average molecular weight is 361 g/mol. The fraction of sp³-hybridized carbons (Fsp3) is 0.708. The SMILES string of the molecule is CC.CCC(C)c1cccc(OC)c1.O=CC1CCC2CCCCC2C1. The van der Waals surface area contributed by atoms with Gasteiger partial charge in [0.05, 0.1) is 7.11 Å². The van der Waals surface area contributed by atoms with Gasteiger partial charge in [-0.05, 0) is 61.1 Å². The number of ether oxygens (including phenoxy) is 1. The van der Waals surface area contributed by atoms with Gasteiger partial charge in [-0.25, -0.2) is 0 Å². The normalized spacial score (nSPS) is 25.3. The standard InChI is InChI=1S/C11H18O.C11H16O.C2H6/c12-8-9-5-6-10-3-1-2-4-11(10)7-9;1-4-9(2)10-6-5-7-11(8-10)12-3;1-2/h8-11H,1-7H2;5-9H,4H2,1-3H3;1-2H3. The molecule has 0 bridgehead atoms. The summed E-state index contributed by atoms with van der Waals surface area (Å²) in [5, 5.41) is 0. The van der Waals surface area contributed by atoms with Crippen molar-refractivity contribution in [3.63, 3.8) is 0 Å². The van der Waals surface area contributed by atoms with Crippen LogP contribution in [0.1, 0.15) is 90.5 Å². The van der Waals surface area contributed by atoms with Gasteiger partial charge in [-0.1, -0.05) is 65.5 Å². The second kappa shape index (κ2) is 12.9. The van der Waals surface area contributed by atoms with Gasteiger partial charge in [0.2, 0.25) is 0 Å². The minimum Gasteiger partial charge on any atom is -0.497 e. The quantitative estimate of drug-likeness (QED) is 0.539. The van der Waals surface area contributed by atoms with Crippen LogP contribution in [-0.2, 0) is 4.79 Å². The summed E-state index contributed by atoms with van der Waals surface area (Å²) in [6.07, 6.45) is 11.7. The number of carbonyl (C=O) groups excluding carboxylic acids is 1. The Bertz CT molecular complexity index is 497. The molecule has 2 fully saturated rings. The molecule has 0 heterocycles. The van der Waals surface area contributed by atoms with Gasteiger partial charge in [-0.2, -0.15) is 0 Å². The third-order valence-electron chi connectivity index (χ3n) is 6.05. The molecule has 26 heavy (non-hydrogen) atoms. The molecular formula is C24H40O2. The Labute approximate surface area is 161 Å². The topological polar surface area (TPSA) is 26.3 Å². The Hall–Kier alpha value is -1.31. The molecule has 0 aromatic heterocycles.